The van der Waals surface area contributed by atoms with E-state index in [0.717, 1.165) is 81.8 Å². The molecule has 3 saturated heterocycles. The van der Waals surface area contributed by atoms with Gasteiger partial charge in [0.2, 0.25) is 0 Å². The molecule has 1 N–H and O–H groups in total. The zero-order valence-electron chi connectivity index (χ0n) is 18.1. The Morgan fingerprint density at radius 2 is 1.57 bits per heavy atom. The fraction of sp³-hybridized carbons (Fsp3) is 0.708. The summed E-state index contributed by atoms with van der Waals surface area (Å²) in [5.74, 6) is 0.190. The van der Waals surface area contributed by atoms with Crippen molar-refractivity contribution in [2.45, 2.75) is 70.6 Å². The molecule has 0 amide bonds. The quantitative estimate of drug-likeness (QED) is 0.657. The Morgan fingerprint density at radius 1 is 0.967 bits per heavy atom. The second-order valence-electron chi connectivity index (χ2n) is 9.08. The number of hydrogen-bond acceptors (Lipinski definition) is 6. The lowest BCUT2D eigenvalue weighted by molar-refractivity contribution is -0.148. The molecule has 6 nitrogen and oxygen atoms in total. The molecule has 0 aliphatic carbocycles. The van der Waals surface area contributed by atoms with Crippen LogP contribution in [0.15, 0.2) is 12.1 Å². The summed E-state index contributed by atoms with van der Waals surface area (Å²) in [5.41, 5.74) is 2.81. The van der Waals surface area contributed by atoms with Crippen LogP contribution >= 0.6 is 0 Å². The fourth-order valence-electron chi connectivity index (χ4n) is 4.88. The molecule has 0 radical (unpaired) electrons. The molecule has 0 aromatic heterocycles. The molecule has 1 aromatic rings. The van der Waals surface area contributed by atoms with Crippen LogP contribution in [-0.4, -0.2) is 66.4 Å². The summed E-state index contributed by atoms with van der Waals surface area (Å²) in [6, 6.07) is 4.00. The zero-order chi connectivity index (χ0) is 20.8. The van der Waals surface area contributed by atoms with E-state index >= 15 is 0 Å². The van der Waals surface area contributed by atoms with Gasteiger partial charge in [0.25, 0.3) is 0 Å². The normalized spacial score (nSPS) is 23.1. The summed E-state index contributed by atoms with van der Waals surface area (Å²) in [7, 11) is 0. The molecular weight excluding hydrogens is 380 g/mol. The molecule has 30 heavy (non-hydrogen) atoms. The SMILES string of the molecule is O=C(Cc1cc(CN2CCCC2)c(O)c(CN2CCCC2)c1)OCC1CCCCO1. The van der Waals surface area contributed by atoms with E-state index < -0.39 is 0 Å². The second-order valence-corrected chi connectivity index (χ2v) is 9.08. The first-order valence-corrected chi connectivity index (χ1v) is 11.7. The topological polar surface area (TPSA) is 62.2 Å². The number of benzene rings is 1. The van der Waals surface area contributed by atoms with Gasteiger partial charge in [0.05, 0.1) is 12.5 Å². The number of esters is 1. The number of carbonyl (C=O) groups excluding carboxylic acids is 1. The number of likely N-dealkylation sites (tertiary alicyclic amines) is 2. The maximum Gasteiger partial charge on any atom is 0.310 e. The van der Waals surface area contributed by atoms with Gasteiger partial charge >= 0.3 is 5.97 Å². The lowest BCUT2D eigenvalue weighted by Gasteiger charge is -2.22. The predicted octanol–water partition coefficient (Wildman–Crippen LogP) is 3.24. The van der Waals surface area contributed by atoms with Gasteiger partial charge in [-0.1, -0.05) is 12.1 Å². The third kappa shape index (κ3) is 5.96. The van der Waals surface area contributed by atoms with E-state index in [9.17, 15) is 9.90 Å². The van der Waals surface area contributed by atoms with Gasteiger partial charge in [0.15, 0.2) is 0 Å². The van der Waals surface area contributed by atoms with Crippen LogP contribution in [0, 0.1) is 0 Å². The van der Waals surface area contributed by atoms with Crippen LogP contribution in [0.1, 0.15) is 61.6 Å². The number of carbonyl (C=O) groups is 1. The van der Waals surface area contributed by atoms with Crippen LogP contribution in [0.5, 0.6) is 5.75 Å². The van der Waals surface area contributed by atoms with Gasteiger partial charge in [0.1, 0.15) is 12.4 Å². The number of phenolic OH excluding ortho intramolecular Hbond substituents is 1. The largest absolute Gasteiger partial charge is 0.507 e. The van der Waals surface area contributed by atoms with Crippen LogP contribution in [0.3, 0.4) is 0 Å². The minimum atomic E-state index is -0.214. The molecule has 6 heteroatoms. The zero-order valence-corrected chi connectivity index (χ0v) is 18.1. The van der Waals surface area contributed by atoms with Crippen LogP contribution in [0.25, 0.3) is 0 Å². The van der Waals surface area contributed by atoms with Crippen molar-refractivity contribution < 1.29 is 19.4 Å². The van der Waals surface area contributed by atoms with E-state index in [4.69, 9.17) is 9.47 Å². The smallest absolute Gasteiger partial charge is 0.310 e. The monoisotopic (exact) mass is 416 g/mol. The number of rotatable bonds is 8. The Bertz CT molecular complexity index is 666. The van der Waals surface area contributed by atoms with Gasteiger partial charge in [-0.15, -0.1) is 0 Å². The van der Waals surface area contributed by atoms with Crippen molar-refractivity contribution in [3.8, 4) is 5.75 Å². The lowest BCUT2D eigenvalue weighted by atomic mass is 10.0. The van der Waals surface area contributed by atoms with Crippen molar-refractivity contribution in [2.24, 2.45) is 0 Å². The highest BCUT2D eigenvalue weighted by molar-refractivity contribution is 5.73. The molecule has 4 rings (SSSR count). The van der Waals surface area contributed by atoms with Crippen LogP contribution < -0.4 is 0 Å². The molecule has 1 atom stereocenters. The third-order valence-electron chi connectivity index (χ3n) is 6.57. The Hall–Kier alpha value is -1.63. The average molecular weight is 417 g/mol. The molecule has 166 valence electrons. The number of ether oxygens (including phenoxy) is 2. The molecule has 0 saturated carbocycles. The minimum absolute atomic E-state index is 0.0407. The first-order chi connectivity index (χ1) is 14.7. The second kappa shape index (κ2) is 10.6. The summed E-state index contributed by atoms with van der Waals surface area (Å²) in [6.07, 6.45) is 8.36. The summed E-state index contributed by atoms with van der Waals surface area (Å²) in [4.78, 5) is 17.3. The highest BCUT2D eigenvalue weighted by Gasteiger charge is 2.21. The lowest BCUT2D eigenvalue weighted by Crippen LogP contribution is -2.26. The van der Waals surface area contributed by atoms with E-state index in [1.165, 1.54) is 25.7 Å². The maximum absolute atomic E-state index is 12.5. The molecular formula is C24H36N2O4. The van der Waals surface area contributed by atoms with Crippen molar-refractivity contribution in [3.63, 3.8) is 0 Å². The molecule has 3 aliphatic rings. The van der Waals surface area contributed by atoms with Crippen molar-refractivity contribution >= 4 is 5.97 Å². The van der Waals surface area contributed by atoms with Crippen LogP contribution in [0.2, 0.25) is 0 Å². The van der Waals surface area contributed by atoms with Gasteiger partial charge in [-0.3, -0.25) is 14.6 Å². The number of hydrogen-bond donors (Lipinski definition) is 1. The fourth-order valence-corrected chi connectivity index (χ4v) is 4.88. The van der Waals surface area contributed by atoms with Gasteiger partial charge in [-0.2, -0.15) is 0 Å². The first-order valence-electron chi connectivity index (χ1n) is 11.7. The van der Waals surface area contributed by atoms with E-state index in [1.807, 2.05) is 12.1 Å². The molecule has 1 aromatic carbocycles. The summed E-state index contributed by atoms with van der Waals surface area (Å²) < 4.78 is 11.2. The number of aromatic hydroxyl groups is 1. The Labute approximate surface area is 180 Å². The predicted molar refractivity (Wildman–Crippen MR) is 115 cm³/mol. The van der Waals surface area contributed by atoms with E-state index in [-0.39, 0.29) is 18.5 Å². The molecule has 3 fully saturated rings. The van der Waals surface area contributed by atoms with Crippen molar-refractivity contribution in [1.29, 1.82) is 0 Å². The number of nitrogens with zero attached hydrogens (tertiary/aromatic N) is 2. The van der Waals surface area contributed by atoms with Gasteiger partial charge in [-0.25, -0.2) is 0 Å². The van der Waals surface area contributed by atoms with Crippen LogP contribution in [0.4, 0.5) is 0 Å². The maximum atomic E-state index is 12.5. The van der Waals surface area contributed by atoms with Crippen molar-refractivity contribution in [3.05, 3.63) is 28.8 Å². The standard InChI is InChI=1S/C24H36N2O4/c27-23(30-18-22-7-1-6-12-29-22)15-19-13-20(16-25-8-2-3-9-25)24(28)21(14-19)17-26-10-4-5-11-26/h13-14,22,28H,1-12,15-18H2. The summed E-state index contributed by atoms with van der Waals surface area (Å²) in [5, 5.41) is 11.0. The van der Waals surface area contributed by atoms with Gasteiger partial charge in [0, 0.05) is 30.8 Å². The first kappa shape index (κ1) is 21.6. The van der Waals surface area contributed by atoms with E-state index in [1.54, 1.807) is 0 Å². The summed E-state index contributed by atoms with van der Waals surface area (Å²) in [6.45, 7) is 6.92. The van der Waals surface area contributed by atoms with Gasteiger partial charge in [-0.05, 0) is 76.7 Å². The van der Waals surface area contributed by atoms with E-state index in [2.05, 4.69) is 9.80 Å². The van der Waals surface area contributed by atoms with Gasteiger partial charge < -0.3 is 14.6 Å². The average Bonchev–Trinajstić information content (AvgIpc) is 3.45. The number of phenols is 1. The highest BCUT2D eigenvalue weighted by Crippen LogP contribution is 2.29. The molecule has 1 unspecified atom stereocenters. The molecule has 0 bridgehead atoms. The molecule has 0 spiro atoms. The van der Waals surface area contributed by atoms with Crippen LogP contribution in [-0.2, 0) is 33.8 Å². The Balaban J connectivity index is 1.43. The minimum Gasteiger partial charge on any atom is -0.507 e. The molecule has 3 aliphatic heterocycles. The van der Waals surface area contributed by atoms with E-state index in [0.29, 0.717) is 12.4 Å². The Morgan fingerprint density at radius 3 is 2.10 bits per heavy atom. The van der Waals surface area contributed by atoms with Crippen molar-refractivity contribution in [2.75, 3.05) is 39.4 Å². The molecule has 3 heterocycles. The highest BCUT2D eigenvalue weighted by atomic mass is 16.6. The third-order valence-corrected chi connectivity index (χ3v) is 6.57. The Kier molecular flexibility index (Phi) is 7.63. The van der Waals surface area contributed by atoms with Crippen molar-refractivity contribution in [1.82, 2.24) is 9.80 Å². The summed E-state index contributed by atoms with van der Waals surface area (Å²) >= 11 is 0.